The normalized spacial score (nSPS) is 9.57. The fourth-order valence-corrected chi connectivity index (χ4v) is 1.58. The van der Waals surface area contributed by atoms with Gasteiger partial charge in [-0.05, 0) is 38.2 Å². The van der Waals surface area contributed by atoms with E-state index in [4.69, 9.17) is 17.0 Å². The van der Waals surface area contributed by atoms with Crippen molar-refractivity contribution in [3.8, 4) is 0 Å². The molecule has 0 fully saturated rings. The van der Waals surface area contributed by atoms with E-state index in [0.717, 1.165) is 12.2 Å². The molecule has 1 rings (SSSR count). The van der Waals surface area contributed by atoms with Crippen molar-refractivity contribution in [2.45, 2.75) is 13.8 Å². The Morgan fingerprint density at radius 3 is 2.43 bits per heavy atom. The van der Waals surface area contributed by atoms with Gasteiger partial charge in [0, 0.05) is 12.2 Å². The molecule has 0 amide bonds. The van der Waals surface area contributed by atoms with Gasteiger partial charge < -0.3 is 9.64 Å². The number of thiocarbonyl (C=S) groups is 1. The predicted molar refractivity (Wildman–Crippen MR) is 63.7 cm³/mol. The average molecular weight is 209 g/mol. The molecule has 0 saturated heterocycles. The third-order valence-electron chi connectivity index (χ3n) is 1.87. The van der Waals surface area contributed by atoms with Crippen LogP contribution >= 0.6 is 12.2 Å². The van der Waals surface area contributed by atoms with E-state index in [2.05, 4.69) is 6.92 Å². The van der Waals surface area contributed by atoms with Gasteiger partial charge in [0.2, 0.25) is 0 Å². The zero-order chi connectivity index (χ0) is 10.4. The second-order valence-electron chi connectivity index (χ2n) is 2.78. The average Bonchev–Trinajstić information content (AvgIpc) is 2.21. The molecule has 1 aromatic rings. The number of para-hydroxylation sites is 1. The van der Waals surface area contributed by atoms with E-state index in [1.165, 1.54) is 0 Å². The van der Waals surface area contributed by atoms with Gasteiger partial charge in [-0.15, -0.1) is 0 Å². The maximum Gasteiger partial charge on any atom is 0.263 e. The molecule has 0 spiro atoms. The highest BCUT2D eigenvalue weighted by Gasteiger charge is 2.09. The lowest BCUT2D eigenvalue weighted by Crippen LogP contribution is -2.30. The summed E-state index contributed by atoms with van der Waals surface area (Å²) in [5, 5.41) is 0.543. The molecule has 2 nitrogen and oxygen atoms in total. The Morgan fingerprint density at radius 1 is 1.29 bits per heavy atom. The molecule has 1 aromatic carbocycles. The van der Waals surface area contributed by atoms with Crippen LogP contribution in [0.15, 0.2) is 30.3 Å². The molecule has 76 valence electrons. The molecule has 3 heteroatoms. The summed E-state index contributed by atoms with van der Waals surface area (Å²) in [5.74, 6) is 0. The van der Waals surface area contributed by atoms with Crippen LogP contribution in [0.2, 0.25) is 0 Å². The molecule has 0 heterocycles. The Labute approximate surface area is 90.5 Å². The van der Waals surface area contributed by atoms with Gasteiger partial charge in [0.25, 0.3) is 5.17 Å². The first-order valence-corrected chi connectivity index (χ1v) is 5.19. The summed E-state index contributed by atoms with van der Waals surface area (Å²) < 4.78 is 5.31. The molecule has 0 unspecified atom stereocenters. The van der Waals surface area contributed by atoms with Crippen molar-refractivity contribution < 1.29 is 4.74 Å². The summed E-state index contributed by atoms with van der Waals surface area (Å²) in [6.45, 7) is 5.43. The number of benzene rings is 1. The number of anilines is 1. The quantitative estimate of drug-likeness (QED) is 0.710. The topological polar surface area (TPSA) is 12.5 Å². The van der Waals surface area contributed by atoms with Crippen LogP contribution < -0.4 is 4.90 Å². The highest BCUT2D eigenvalue weighted by molar-refractivity contribution is 7.80. The number of ether oxygens (including phenoxy) is 1. The zero-order valence-electron chi connectivity index (χ0n) is 8.56. The summed E-state index contributed by atoms with van der Waals surface area (Å²) in [5.41, 5.74) is 1.08. The van der Waals surface area contributed by atoms with Crippen LogP contribution in [0.25, 0.3) is 0 Å². The van der Waals surface area contributed by atoms with Crippen molar-refractivity contribution in [2.75, 3.05) is 18.1 Å². The monoisotopic (exact) mass is 209 g/mol. The Bertz CT molecular complexity index is 287. The molecule has 0 aliphatic heterocycles. The minimum absolute atomic E-state index is 0.543. The fourth-order valence-electron chi connectivity index (χ4n) is 1.23. The van der Waals surface area contributed by atoms with E-state index in [1.54, 1.807) is 0 Å². The first-order chi connectivity index (χ1) is 6.79. The Balaban J connectivity index is 2.77. The third-order valence-corrected chi connectivity index (χ3v) is 2.21. The number of rotatable bonds is 3. The SMILES string of the molecule is CCOC(=S)N(CC)c1ccccc1. The Morgan fingerprint density at radius 2 is 1.93 bits per heavy atom. The Hall–Kier alpha value is -1.09. The lowest BCUT2D eigenvalue weighted by molar-refractivity contribution is 0.328. The van der Waals surface area contributed by atoms with Crippen molar-refractivity contribution in [2.24, 2.45) is 0 Å². The summed E-state index contributed by atoms with van der Waals surface area (Å²) in [4.78, 5) is 1.97. The molecule has 0 aliphatic rings. The van der Waals surface area contributed by atoms with Crippen molar-refractivity contribution >= 4 is 23.1 Å². The largest absolute Gasteiger partial charge is 0.471 e. The summed E-state index contributed by atoms with van der Waals surface area (Å²) in [7, 11) is 0. The first kappa shape index (κ1) is 11.0. The minimum atomic E-state index is 0.543. The highest BCUT2D eigenvalue weighted by Crippen LogP contribution is 2.13. The van der Waals surface area contributed by atoms with Gasteiger partial charge in [0.1, 0.15) is 0 Å². The number of hydrogen-bond acceptors (Lipinski definition) is 2. The lowest BCUT2D eigenvalue weighted by atomic mass is 10.3. The highest BCUT2D eigenvalue weighted by atomic mass is 32.1. The molecular weight excluding hydrogens is 194 g/mol. The van der Waals surface area contributed by atoms with E-state index >= 15 is 0 Å². The molecule has 0 N–H and O–H groups in total. The van der Waals surface area contributed by atoms with Crippen LogP contribution in [0.4, 0.5) is 5.69 Å². The maximum atomic E-state index is 5.31. The van der Waals surface area contributed by atoms with Gasteiger partial charge >= 0.3 is 0 Å². The number of nitrogens with zero attached hydrogens (tertiary/aromatic N) is 1. The molecular formula is C11H15NOS. The smallest absolute Gasteiger partial charge is 0.263 e. The van der Waals surface area contributed by atoms with Crippen molar-refractivity contribution in [1.82, 2.24) is 0 Å². The van der Waals surface area contributed by atoms with E-state index in [9.17, 15) is 0 Å². The predicted octanol–water partition coefficient (Wildman–Crippen LogP) is 2.83. The first-order valence-electron chi connectivity index (χ1n) is 4.79. The molecule has 0 aliphatic carbocycles. The Kier molecular flexibility index (Phi) is 4.40. The standard InChI is InChI=1S/C11H15NOS/c1-3-12(11(14)13-4-2)10-8-6-5-7-9-10/h5-9H,3-4H2,1-2H3. The van der Waals surface area contributed by atoms with Crippen LogP contribution in [0.1, 0.15) is 13.8 Å². The molecule has 0 bridgehead atoms. The van der Waals surface area contributed by atoms with Crippen molar-refractivity contribution in [1.29, 1.82) is 0 Å². The number of hydrogen-bond donors (Lipinski definition) is 0. The van der Waals surface area contributed by atoms with Gasteiger partial charge in [-0.1, -0.05) is 18.2 Å². The van der Waals surface area contributed by atoms with Gasteiger partial charge in [-0.2, -0.15) is 0 Å². The summed E-state index contributed by atoms with van der Waals surface area (Å²) >= 11 is 5.16. The molecule has 14 heavy (non-hydrogen) atoms. The molecule has 0 atom stereocenters. The van der Waals surface area contributed by atoms with E-state index in [-0.39, 0.29) is 0 Å². The lowest BCUT2D eigenvalue weighted by Gasteiger charge is -2.22. The van der Waals surface area contributed by atoms with Crippen LogP contribution in [0, 0.1) is 0 Å². The van der Waals surface area contributed by atoms with Crippen LogP contribution in [-0.4, -0.2) is 18.3 Å². The third kappa shape index (κ3) is 2.70. The maximum absolute atomic E-state index is 5.31. The van der Waals surface area contributed by atoms with Gasteiger partial charge in [-0.25, -0.2) is 0 Å². The van der Waals surface area contributed by atoms with Crippen molar-refractivity contribution in [3.63, 3.8) is 0 Å². The van der Waals surface area contributed by atoms with Gasteiger partial charge in [0.05, 0.1) is 6.61 Å². The summed E-state index contributed by atoms with van der Waals surface area (Å²) in [6, 6.07) is 10.0. The van der Waals surface area contributed by atoms with Gasteiger partial charge in [-0.3, -0.25) is 0 Å². The van der Waals surface area contributed by atoms with Crippen LogP contribution in [-0.2, 0) is 4.74 Å². The molecule has 0 radical (unpaired) electrons. The molecule has 0 aromatic heterocycles. The van der Waals surface area contributed by atoms with Gasteiger partial charge in [0.15, 0.2) is 0 Å². The van der Waals surface area contributed by atoms with Crippen LogP contribution in [0.3, 0.4) is 0 Å². The minimum Gasteiger partial charge on any atom is -0.471 e. The fraction of sp³-hybridized carbons (Fsp3) is 0.364. The van der Waals surface area contributed by atoms with E-state index in [1.807, 2.05) is 42.2 Å². The van der Waals surface area contributed by atoms with Crippen LogP contribution in [0.5, 0.6) is 0 Å². The summed E-state index contributed by atoms with van der Waals surface area (Å²) in [6.07, 6.45) is 0. The van der Waals surface area contributed by atoms with Crippen molar-refractivity contribution in [3.05, 3.63) is 30.3 Å². The zero-order valence-corrected chi connectivity index (χ0v) is 9.38. The van der Waals surface area contributed by atoms with E-state index in [0.29, 0.717) is 11.8 Å². The molecule has 0 saturated carbocycles. The van der Waals surface area contributed by atoms with E-state index < -0.39 is 0 Å². The second kappa shape index (κ2) is 5.60. The second-order valence-corrected chi connectivity index (χ2v) is 3.13.